The van der Waals surface area contributed by atoms with Crippen molar-refractivity contribution in [2.75, 3.05) is 0 Å². The summed E-state index contributed by atoms with van der Waals surface area (Å²) in [6, 6.07) is 11.7. The maximum atomic E-state index is 12.2. The molecule has 2 aromatic rings. The minimum absolute atomic E-state index is 0.257. The van der Waals surface area contributed by atoms with Gasteiger partial charge in [0.15, 0.2) is 5.78 Å². The molecule has 0 spiro atoms. The van der Waals surface area contributed by atoms with Crippen molar-refractivity contribution < 1.29 is 4.79 Å². The molecule has 1 fully saturated rings. The predicted octanol–water partition coefficient (Wildman–Crippen LogP) is 3.34. The Morgan fingerprint density at radius 1 is 1.12 bits per heavy atom. The lowest BCUT2D eigenvalue weighted by atomic mass is 9.96. The molecule has 0 atom stereocenters. The summed E-state index contributed by atoms with van der Waals surface area (Å²) in [4.78, 5) is 16.3. The van der Waals surface area contributed by atoms with E-state index in [0.717, 1.165) is 29.5 Å². The monoisotopic (exact) mass is 223 g/mol. The van der Waals surface area contributed by atoms with Gasteiger partial charge in [-0.05, 0) is 24.5 Å². The van der Waals surface area contributed by atoms with Crippen LogP contribution in [0.4, 0.5) is 0 Å². The summed E-state index contributed by atoms with van der Waals surface area (Å²) in [5.41, 5.74) is 2.85. The lowest BCUT2D eigenvalue weighted by Crippen LogP contribution is -2.03. The first-order valence-corrected chi connectivity index (χ1v) is 5.90. The van der Waals surface area contributed by atoms with Crippen LogP contribution < -0.4 is 0 Å². The molecule has 1 aliphatic carbocycles. The van der Waals surface area contributed by atoms with Gasteiger partial charge in [0.05, 0.1) is 0 Å². The number of hydrogen-bond donors (Lipinski definition) is 0. The minimum Gasteiger partial charge on any atom is -0.294 e. The van der Waals surface area contributed by atoms with Gasteiger partial charge < -0.3 is 0 Å². The van der Waals surface area contributed by atoms with Crippen LogP contribution in [-0.4, -0.2) is 10.8 Å². The zero-order chi connectivity index (χ0) is 11.7. The topological polar surface area (TPSA) is 30.0 Å². The van der Waals surface area contributed by atoms with Gasteiger partial charge in [-0.2, -0.15) is 0 Å². The first-order valence-electron chi connectivity index (χ1n) is 5.90. The third-order valence-electron chi connectivity index (χ3n) is 3.11. The zero-order valence-corrected chi connectivity index (χ0v) is 9.47. The lowest BCUT2D eigenvalue weighted by molar-refractivity contribution is 0.0968. The molecule has 17 heavy (non-hydrogen) atoms. The molecule has 2 heteroatoms. The van der Waals surface area contributed by atoms with E-state index in [0.29, 0.717) is 0 Å². The lowest BCUT2D eigenvalue weighted by Gasteiger charge is -2.07. The van der Waals surface area contributed by atoms with Crippen molar-refractivity contribution in [3.63, 3.8) is 0 Å². The molecule has 0 bridgehead atoms. The number of aromatic nitrogens is 1. The molecule has 0 unspecified atom stereocenters. The van der Waals surface area contributed by atoms with Crippen LogP contribution in [0.3, 0.4) is 0 Å². The van der Waals surface area contributed by atoms with Gasteiger partial charge in [0.25, 0.3) is 0 Å². The Kier molecular flexibility index (Phi) is 2.48. The molecular weight excluding hydrogens is 210 g/mol. The second kappa shape index (κ2) is 4.13. The Morgan fingerprint density at radius 2 is 1.94 bits per heavy atom. The molecule has 0 radical (unpaired) electrons. The molecule has 84 valence electrons. The van der Waals surface area contributed by atoms with Crippen molar-refractivity contribution >= 4 is 5.78 Å². The summed E-state index contributed by atoms with van der Waals surface area (Å²) in [5.74, 6) is 0.539. The van der Waals surface area contributed by atoms with Crippen LogP contribution in [0.5, 0.6) is 0 Å². The summed E-state index contributed by atoms with van der Waals surface area (Å²) < 4.78 is 0. The maximum absolute atomic E-state index is 12.2. The van der Waals surface area contributed by atoms with E-state index in [1.165, 1.54) is 0 Å². The van der Waals surface area contributed by atoms with E-state index in [1.807, 2.05) is 36.4 Å². The number of nitrogens with zero attached hydrogens (tertiary/aromatic N) is 1. The van der Waals surface area contributed by atoms with Crippen LogP contribution in [0.1, 0.15) is 23.2 Å². The Labute approximate surface area is 100 Å². The number of pyridine rings is 1. The Morgan fingerprint density at radius 3 is 2.65 bits per heavy atom. The number of benzene rings is 1. The van der Waals surface area contributed by atoms with Crippen molar-refractivity contribution in [3.05, 3.63) is 54.4 Å². The fourth-order valence-corrected chi connectivity index (χ4v) is 2.04. The summed E-state index contributed by atoms with van der Waals surface area (Å²) in [5, 5.41) is 0. The molecule has 1 aromatic carbocycles. The molecule has 2 nitrogen and oxygen atoms in total. The van der Waals surface area contributed by atoms with Gasteiger partial charge in [-0.25, -0.2) is 0 Å². The fourth-order valence-electron chi connectivity index (χ4n) is 2.04. The van der Waals surface area contributed by atoms with Gasteiger partial charge in [-0.1, -0.05) is 30.3 Å². The summed E-state index contributed by atoms with van der Waals surface area (Å²) in [6.45, 7) is 0. The standard InChI is InChI=1S/C15H13NO/c17-15(11-7-8-11)14-6-2-1-5-13(14)12-4-3-9-16-10-12/h1-6,9-11H,7-8H2. The summed E-state index contributed by atoms with van der Waals surface area (Å²) in [7, 11) is 0. The zero-order valence-electron chi connectivity index (χ0n) is 9.47. The van der Waals surface area contributed by atoms with E-state index < -0.39 is 0 Å². The van der Waals surface area contributed by atoms with E-state index in [9.17, 15) is 4.79 Å². The van der Waals surface area contributed by atoms with Gasteiger partial charge in [-0.3, -0.25) is 9.78 Å². The number of carbonyl (C=O) groups excluding carboxylic acids is 1. The molecule has 0 amide bonds. The SMILES string of the molecule is O=C(c1ccccc1-c1cccnc1)C1CC1. The summed E-state index contributed by atoms with van der Waals surface area (Å²) >= 11 is 0. The van der Waals surface area contributed by atoms with Crippen LogP contribution >= 0.6 is 0 Å². The first-order chi connectivity index (χ1) is 8.36. The molecule has 1 aliphatic rings. The van der Waals surface area contributed by atoms with Crippen molar-refractivity contribution in [1.82, 2.24) is 4.98 Å². The molecule has 0 saturated heterocycles. The summed E-state index contributed by atoms with van der Waals surface area (Å²) in [6.07, 6.45) is 5.63. The number of hydrogen-bond acceptors (Lipinski definition) is 2. The minimum atomic E-state index is 0.257. The van der Waals surface area contributed by atoms with Crippen molar-refractivity contribution in [3.8, 4) is 11.1 Å². The highest BCUT2D eigenvalue weighted by Crippen LogP contribution is 2.35. The van der Waals surface area contributed by atoms with E-state index in [-0.39, 0.29) is 11.7 Å². The highest BCUT2D eigenvalue weighted by Gasteiger charge is 2.31. The molecule has 1 saturated carbocycles. The second-order valence-electron chi connectivity index (χ2n) is 4.43. The van der Waals surface area contributed by atoms with Crippen LogP contribution in [-0.2, 0) is 0 Å². The molecular formula is C15H13NO. The van der Waals surface area contributed by atoms with Gasteiger partial charge >= 0.3 is 0 Å². The average molecular weight is 223 g/mol. The highest BCUT2D eigenvalue weighted by atomic mass is 16.1. The first kappa shape index (κ1) is 10.2. The third-order valence-corrected chi connectivity index (χ3v) is 3.11. The number of rotatable bonds is 3. The second-order valence-corrected chi connectivity index (χ2v) is 4.43. The van der Waals surface area contributed by atoms with Crippen LogP contribution in [0, 0.1) is 5.92 Å². The molecule has 0 aliphatic heterocycles. The van der Waals surface area contributed by atoms with Gasteiger partial charge in [-0.15, -0.1) is 0 Å². The number of ketones is 1. The molecule has 0 N–H and O–H groups in total. The molecule has 3 rings (SSSR count). The number of Topliss-reactive ketones (excluding diaryl/α,β-unsaturated/α-hetero) is 1. The number of carbonyl (C=O) groups is 1. The Bertz CT molecular complexity index is 544. The third kappa shape index (κ3) is 1.98. The van der Waals surface area contributed by atoms with E-state index in [1.54, 1.807) is 12.4 Å². The Balaban J connectivity index is 2.07. The normalized spacial score (nSPS) is 14.6. The van der Waals surface area contributed by atoms with E-state index in [2.05, 4.69) is 4.98 Å². The Hall–Kier alpha value is -1.96. The maximum Gasteiger partial charge on any atom is 0.166 e. The molecule has 1 heterocycles. The largest absolute Gasteiger partial charge is 0.294 e. The van der Waals surface area contributed by atoms with E-state index in [4.69, 9.17) is 0 Å². The highest BCUT2D eigenvalue weighted by molar-refractivity contribution is 6.04. The van der Waals surface area contributed by atoms with Gasteiger partial charge in [0.1, 0.15) is 0 Å². The van der Waals surface area contributed by atoms with Crippen LogP contribution in [0.25, 0.3) is 11.1 Å². The van der Waals surface area contributed by atoms with Crippen molar-refractivity contribution in [1.29, 1.82) is 0 Å². The smallest absolute Gasteiger partial charge is 0.166 e. The average Bonchev–Trinajstić information content (AvgIpc) is 3.23. The predicted molar refractivity (Wildman–Crippen MR) is 66.7 cm³/mol. The van der Waals surface area contributed by atoms with Crippen molar-refractivity contribution in [2.24, 2.45) is 5.92 Å². The van der Waals surface area contributed by atoms with Crippen molar-refractivity contribution in [2.45, 2.75) is 12.8 Å². The van der Waals surface area contributed by atoms with Gasteiger partial charge in [0, 0.05) is 29.4 Å². The van der Waals surface area contributed by atoms with Crippen LogP contribution in [0.15, 0.2) is 48.8 Å². The molecule has 1 aromatic heterocycles. The van der Waals surface area contributed by atoms with Gasteiger partial charge in [0.2, 0.25) is 0 Å². The van der Waals surface area contributed by atoms with Crippen LogP contribution in [0.2, 0.25) is 0 Å². The fraction of sp³-hybridized carbons (Fsp3) is 0.200. The quantitative estimate of drug-likeness (QED) is 0.747. The van der Waals surface area contributed by atoms with E-state index >= 15 is 0 Å².